The van der Waals surface area contributed by atoms with Crippen molar-refractivity contribution in [2.24, 2.45) is 5.73 Å². The molecule has 0 aliphatic heterocycles. The Morgan fingerprint density at radius 1 is 1.05 bits per heavy atom. The summed E-state index contributed by atoms with van der Waals surface area (Å²) >= 11 is 0. The summed E-state index contributed by atoms with van der Waals surface area (Å²) in [7, 11) is 0. The predicted octanol–water partition coefficient (Wildman–Crippen LogP) is 3.62. The van der Waals surface area contributed by atoms with Crippen LogP contribution in [0.4, 0.5) is 10.1 Å². The minimum Gasteiger partial charge on any atom is -0.367 e. The van der Waals surface area contributed by atoms with Crippen LogP contribution < -0.4 is 10.6 Å². The van der Waals surface area contributed by atoms with Gasteiger partial charge in [-0.05, 0) is 49.2 Å². The number of hydrogen-bond acceptors (Lipinski definition) is 2. The van der Waals surface area contributed by atoms with Gasteiger partial charge < -0.3 is 10.6 Å². The summed E-state index contributed by atoms with van der Waals surface area (Å²) in [6.07, 6.45) is 0. The Kier molecular flexibility index (Phi) is 4.74. The molecule has 20 heavy (non-hydrogen) atoms. The molecule has 106 valence electrons. The molecule has 0 bridgehead atoms. The van der Waals surface area contributed by atoms with Gasteiger partial charge in [-0.1, -0.05) is 23.8 Å². The first-order chi connectivity index (χ1) is 9.63. The van der Waals surface area contributed by atoms with Crippen molar-refractivity contribution in [3.63, 3.8) is 0 Å². The first kappa shape index (κ1) is 14.5. The number of aryl methyl sites for hydroxylation is 1. The second-order valence-electron chi connectivity index (χ2n) is 4.97. The highest BCUT2D eigenvalue weighted by molar-refractivity contribution is 5.48. The average Bonchev–Trinajstić information content (AvgIpc) is 2.47. The molecule has 0 spiro atoms. The summed E-state index contributed by atoms with van der Waals surface area (Å²) in [6.45, 7) is 6.19. The van der Waals surface area contributed by atoms with Crippen LogP contribution in [0.2, 0.25) is 0 Å². The lowest BCUT2D eigenvalue weighted by atomic mass is 10.1. The summed E-state index contributed by atoms with van der Waals surface area (Å²) in [4.78, 5) is 2.26. The number of nitrogens with two attached hydrogens (primary N) is 1. The average molecular weight is 272 g/mol. The molecule has 0 radical (unpaired) electrons. The molecule has 0 aromatic heterocycles. The Morgan fingerprint density at radius 3 is 2.35 bits per heavy atom. The second-order valence-corrected chi connectivity index (χ2v) is 4.97. The Balaban J connectivity index is 2.24. The molecule has 2 N–H and O–H groups in total. The summed E-state index contributed by atoms with van der Waals surface area (Å²) in [6, 6.07) is 13.3. The van der Waals surface area contributed by atoms with E-state index in [-0.39, 0.29) is 5.82 Å². The topological polar surface area (TPSA) is 29.3 Å². The molecule has 0 amide bonds. The molecule has 0 heterocycles. The van der Waals surface area contributed by atoms with Crippen LogP contribution in [0, 0.1) is 12.7 Å². The molecule has 2 nitrogen and oxygen atoms in total. The van der Waals surface area contributed by atoms with Gasteiger partial charge in [0, 0.05) is 25.3 Å². The van der Waals surface area contributed by atoms with Crippen LogP contribution in [0.15, 0.2) is 42.5 Å². The smallest absolute Gasteiger partial charge is 0.123 e. The van der Waals surface area contributed by atoms with E-state index in [9.17, 15) is 4.39 Å². The standard InChI is InChI=1S/C17H21FN2/c1-3-20(17-8-4-13(2)5-9-17)12-14-6-7-16(18)10-15(14)11-19/h4-10H,3,11-12,19H2,1-2H3. The molecule has 2 rings (SSSR count). The van der Waals surface area contributed by atoms with Crippen LogP contribution in [0.25, 0.3) is 0 Å². The fourth-order valence-electron chi connectivity index (χ4n) is 2.29. The van der Waals surface area contributed by atoms with Gasteiger partial charge in [-0.25, -0.2) is 4.39 Å². The lowest BCUT2D eigenvalue weighted by Crippen LogP contribution is -2.23. The van der Waals surface area contributed by atoms with E-state index >= 15 is 0 Å². The van der Waals surface area contributed by atoms with E-state index in [0.29, 0.717) is 6.54 Å². The highest BCUT2D eigenvalue weighted by atomic mass is 19.1. The number of nitrogens with zero attached hydrogens (tertiary/aromatic N) is 1. The molecule has 3 heteroatoms. The molecule has 0 fully saturated rings. The first-order valence-corrected chi connectivity index (χ1v) is 6.93. The Hall–Kier alpha value is -1.87. The molecular formula is C17H21FN2. The third kappa shape index (κ3) is 3.36. The maximum Gasteiger partial charge on any atom is 0.123 e. The van der Waals surface area contributed by atoms with Gasteiger partial charge in [0.1, 0.15) is 5.82 Å². The van der Waals surface area contributed by atoms with Crippen molar-refractivity contribution in [3.8, 4) is 0 Å². The molecular weight excluding hydrogens is 251 g/mol. The second kappa shape index (κ2) is 6.53. The van der Waals surface area contributed by atoms with Crippen LogP contribution >= 0.6 is 0 Å². The van der Waals surface area contributed by atoms with Crippen molar-refractivity contribution in [2.75, 3.05) is 11.4 Å². The fraction of sp³-hybridized carbons (Fsp3) is 0.294. The quantitative estimate of drug-likeness (QED) is 0.900. The summed E-state index contributed by atoms with van der Waals surface area (Å²) in [5.74, 6) is -0.229. The monoisotopic (exact) mass is 272 g/mol. The van der Waals surface area contributed by atoms with Gasteiger partial charge in [0.05, 0.1) is 0 Å². The molecule has 0 saturated carbocycles. The Morgan fingerprint density at radius 2 is 1.75 bits per heavy atom. The van der Waals surface area contributed by atoms with Gasteiger partial charge in [-0.2, -0.15) is 0 Å². The minimum absolute atomic E-state index is 0.229. The minimum atomic E-state index is -0.229. The normalized spacial score (nSPS) is 10.6. The zero-order valence-electron chi connectivity index (χ0n) is 12.1. The summed E-state index contributed by atoms with van der Waals surface area (Å²) < 4.78 is 13.3. The van der Waals surface area contributed by atoms with Crippen molar-refractivity contribution in [3.05, 3.63) is 65.0 Å². The van der Waals surface area contributed by atoms with Crippen molar-refractivity contribution in [2.45, 2.75) is 26.9 Å². The van der Waals surface area contributed by atoms with Crippen LogP contribution in [0.3, 0.4) is 0 Å². The van der Waals surface area contributed by atoms with Crippen LogP contribution in [0.5, 0.6) is 0 Å². The predicted molar refractivity (Wildman–Crippen MR) is 82.2 cm³/mol. The van der Waals surface area contributed by atoms with Gasteiger partial charge in [0.2, 0.25) is 0 Å². The van der Waals surface area contributed by atoms with Crippen molar-refractivity contribution in [1.29, 1.82) is 0 Å². The lowest BCUT2D eigenvalue weighted by molar-refractivity contribution is 0.623. The number of hydrogen-bond donors (Lipinski definition) is 1. The number of benzene rings is 2. The first-order valence-electron chi connectivity index (χ1n) is 6.93. The molecule has 0 unspecified atom stereocenters. The third-order valence-corrected chi connectivity index (χ3v) is 3.53. The number of halogens is 1. The molecule has 0 atom stereocenters. The third-order valence-electron chi connectivity index (χ3n) is 3.53. The van der Waals surface area contributed by atoms with Crippen LogP contribution in [0.1, 0.15) is 23.6 Å². The van der Waals surface area contributed by atoms with E-state index < -0.39 is 0 Å². The Labute approximate surface area is 120 Å². The highest BCUT2D eigenvalue weighted by Gasteiger charge is 2.09. The zero-order chi connectivity index (χ0) is 14.5. The molecule has 0 saturated heterocycles. The maximum atomic E-state index is 13.3. The van der Waals surface area contributed by atoms with Crippen LogP contribution in [-0.4, -0.2) is 6.54 Å². The largest absolute Gasteiger partial charge is 0.367 e. The summed E-state index contributed by atoms with van der Waals surface area (Å²) in [5, 5.41) is 0. The molecule has 0 aliphatic carbocycles. The van der Waals surface area contributed by atoms with E-state index in [1.807, 2.05) is 6.07 Å². The van der Waals surface area contributed by atoms with Gasteiger partial charge in [-0.15, -0.1) is 0 Å². The van der Waals surface area contributed by atoms with E-state index in [0.717, 1.165) is 24.2 Å². The zero-order valence-corrected chi connectivity index (χ0v) is 12.1. The van der Waals surface area contributed by atoms with E-state index in [4.69, 9.17) is 5.73 Å². The van der Waals surface area contributed by atoms with E-state index in [2.05, 4.69) is 43.0 Å². The van der Waals surface area contributed by atoms with Gasteiger partial charge in [0.15, 0.2) is 0 Å². The maximum absolute atomic E-state index is 13.3. The van der Waals surface area contributed by atoms with Crippen molar-refractivity contribution < 1.29 is 4.39 Å². The number of rotatable bonds is 5. The van der Waals surface area contributed by atoms with E-state index in [1.54, 1.807) is 0 Å². The van der Waals surface area contributed by atoms with E-state index in [1.165, 1.54) is 23.4 Å². The van der Waals surface area contributed by atoms with Crippen LogP contribution in [-0.2, 0) is 13.1 Å². The Bertz CT molecular complexity index is 564. The number of anilines is 1. The highest BCUT2D eigenvalue weighted by Crippen LogP contribution is 2.20. The van der Waals surface area contributed by atoms with Crippen molar-refractivity contribution in [1.82, 2.24) is 0 Å². The van der Waals surface area contributed by atoms with Gasteiger partial charge in [-0.3, -0.25) is 0 Å². The SMILES string of the molecule is CCN(Cc1ccc(F)cc1CN)c1ccc(C)cc1. The molecule has 0 aliphatic rings. The van der Waals surface area contributed by atoms with Gasteiger partial charge in [0.25, 0.3) is 0 Å². The van der Waals surface area contributed by atoms with Gasteiger partial charge >= 0.3 is 0 Å². The molecule has 2 aromatic carbocycles. The van der Waals surface area contributed by atoms with Crippen molar-refractivity contribution >= 4 is 5.69 Å². The fourth-order valence-corrected chi connectivity index (χ4v) is 2.29. The lowest BCUT2D eigenvalue weighted by Gasteiger charge is -2.24. The molecule has 2 aromatic rings. The summed E-state index contributed by atoms with van der Waals surface area (Å²) in [5.41, 5.74) is 10.1.